The Kier molecular flexibility index (Phi) is 6.38. The number of nitrogens with zero attached hydrogens (tertiary/aromatic N) is 3. The van der Waals surface area contributed by atoms with E-state index in [0.717, 1.165) is 28.6 Å². The van der Waals surface area contributed by atoms with E-state index in [2.05, 4.69) is 15.3 Å². The number of amides is 2. The lowest BCUT2D eigenvalue weighted by molar-refractivity contribution is -0.123. The molecule has 1 aliphatic heterocycles. The molecule has 0 radical (unpaired) electrons. The number of likely N-dealkylation sites (tertiary alicyclic amines) is 1. The average Bonchev–Trinajstić information content (AvgIpc) is 3.32. The van der Waals surface area contributed by atoms with Gasteiger partial charge in [0.25, 0.3) is 5.91 Å². The van der Waals surface area contributed by atoms with Crippen molar-refractivity contribution < 1.29 is 18.0 Å². The van der Waals surface area contributed by atoms with Crippen molar-refractivity contribution in [3.05, 3.63) is 84.0 Å². The first-order chi connectivity index (χ1) is 17.3. The number of rotatable bonds is 6. The van der Waals surface area contributed by atoms with E-state index in [1.54, 1.807) is 12.4 Å². The van der Waals surface area contributed by atoms with Crippen molar-refractivity contribution in [3.63, 3.8) is 0 Å². The number of carbonyl (C=O) groups excluding carboxylic acids is 2. The number of benzene rings is 2. The molecule has 2 aromatic heterocycles. The number of nitrogens with one attached hydrogen (secondary N) is 1. The van der Waals surface area contributed by atoms with Crippen molar-refractivity contribution in [1.82, 2.24) is 14.9 Å². The highest BCUT2D eigenvalue weighted by molar-refractivity contribution is 7.90. The molecule has 10 heteroatoms. The van der Waals surface area contributed by atoms with Crippen LogP contribution in [0.1, 0.15) is 16.8 Å². The standard InChI is InChI=1S/C26H22N4O4S2/c1-36(33,34)21-7-5-18(6-8-21)25(32)30-14-11-23(30)24(31)29-26-28-22(16-35-26)20-4-2-3-19(15-20)17-9-12-27-13-10-17/h2-10,12-13,15-16,23H,11,14H2,1H3,(H,28,29,31). The maximum absolute atomic E-state index is 12.9. The third-order valence-electron chi connectivity index (χ3n) is 6.02. The summed E-state index contributed by atoms with van der Waals surface area (Å²) >= 11 is 1.32. The second-order valence-corrected chi connectivity index (χ2v) is 11.3. The molecule has 1 saturated heterocycles. The number of hydrogen-bond acceptors (Lipinski definition) is 7. The molecule has 1 N–H and O–H groups in total. The summed E-state index contributed by atoms with van der Waals surface area (Å²) in [5.41, 5.74) is 4.11. The van der Waals surface area contributed by atoms with Gasteiger partial charge in [0.2, 0.25) is 5.91 Å². The fraction of sp³-hybridized carbons (Fsp3) is 0.154. The summed E-state index contributed by atoms with van der Waals surface area (Å²) in [6.45, 7) is 0.454. The molecule has 0 spiro atoms. The molecule has 0 bridgehead atoms. The molecule has 3 heterocycles. The van der Waals surface area contributed by atoms with Gasteiger partial charge in [0, 0.05) is 41.7 Å². The van der Waals surface area contributed by atoms with Crippen molar-refractivity contribution in [2.75, 3.05) is 18.1 Å². The molecule has 1 aliphatic rings. The van der Waals surface area contributed by atoms with Crippen LogP contribution in [0.25, 0.3) is 22.4 Å². The minimum atomic E-state index is -3.35. The van der Waals surface area contributed by atoms with Gasteiger partial charge in [0.05, 0.1) is 10.6 Å². The SMILES string of the molecule is CS(=O)(=O)c1ccc(C(=O)N2CCC2C(=O)Nc2nc(-c3cccc(-c4ccncc4)c3)cs2)cc1. The van der Waals surface area contributed by atoms with Gasteiger partial charge in [0.15, 0.2) is 15.0 Å². The van der Waals surface area contributed by atoms with Crippen LogP contribution in [-0.4, -0.2) is 53.9 Å². The zero-order valence-electron chi connectivity index (χ0n) is 19.3. The van der Waals surface area contributed by atoms with Crippen LogP contribution in [0, 0.1) is 0 Å². The van der Waals surface area contributed by atoms with Crippen LogP contribution in [0.4, 0.5) is 5.13 Å². The van der Waals surface area contributed by atoms with E-state index in [9.17, 15) is 18.0 Å². The number of carbonyl (C=O) groups is 2. The maximum Gasteiger partial charge on any atom is 0.254 e. The van der Waals surface area contributed by atoms with Crippen LogP contribution in [0.2, 0.25) is 0 Å². The highest BCUT2D eigenvalue weighted by atomic mass is 32.2. The fourth-order valence-electron chi connectivity index (χ4n) is 3.97. The molecule has 1 unspecified atom stereocenters. The summed E-state index contributed by atoms with van der Waals surface area (Å²) in [6, 6.07) is 17.0. The van der Waals surface area contributed by atoms with E-state index >= 15 is 0 Å². The number of anilines is 1. The number of pyridine rings is 1. The molecule has 36 heavy (non-hydrogen) atoms. The maximum atomic E-state index is 12.9. The van der Waals surface area contributed by atoms with Gasteiger partial charge in [-0.3, -0.25) is 14.6 Å². The quantitative estimate of drug-likeness (QED) is 0.411. The molecule has 1 atom stereocenters. The Labute approximate surface area is 212 Å². The van der Waals surface area contributed by atoms with Gasteiger partial charge in [-0.25, -0.2) is 13.4 Å². The average molecular weight is 519 g/mol. The third-order valence-corrected chi connectivity index (χ3v) is 7.91. The first-order valence-corrected chi connectivity index (χ1v) is 13.9. The second kappa shape index (κ2) is 9.63. The van der Waals surface area contributed by atoms with Crippen molar-refractivity contribution in [1.29, 1.82) is 0 Å². The molecule has 8 nitrogen and oxygen atoms in total. The van der Waals surface area contributed by atoms with E-state index in [4.69, 9.17) is 0 Å². The van der Waals surface area contributed by atoms with Crippen LogP contribution in [-0.2, 0) is 14.6 Å². The fourth-order valence-corrected chi connectivity index (χ4v) is 5.32. The van der Waals surface area contributed by atoms with Gasteiger partial charge >= 0.3 is 0 Å². The molecule has 2 amide bonds. The summed E-state index contributed by atoms with van der Waals surface area (Å²) in [5, 5.41) is 5.18. The monoisotopic (exact) mass is 518 g/mol. The van der Waals surface area contributed by atoms with Crippen LogP contribution >= 0.6 is 11.3 Å². The first-order valence-electron chi connectivity index (χ1n) is 11.2. The molecule has 1 fully saturated rings. The Bertz CT molecular complexity index is 1530. The highest BCUT2D eigenvalue weighted by Gasteiger charge is 2.38. The summed E-state index contributed by atoms with van der Waals surface area (Å²) < 4.78 is 23.3. The molecule has 4 aromatic rings. The summed E-state index contributed by atoms with van der Waals surface area (Å²) in [7, 11) is -3.35. The molecule has 5 rings (SSSR count). The van der Waals surface area contributed by atoms with Gasteiger partial charge in [-0.2, -0.15) is 0 Å². The molecule has 0 saturated carbocycles. The topological polar surface area (TPSA) is 109 Å². The van der Waals surface area contributed by atoms with E-state index in [-0.39, 0.29) is 16.7 Å². The summed E-state index contributed by atoms with van der Waals surface area (Å²) in [4.78, 5) is 36.0. The number of aromatic nitrogens is 2. The van der Waals surface area contributed by atoms with Crippen molar-refractivity contribution in [2.45, 2.75) is 17.4 Å². The molecule has 0 aliphatic carbocycles. The van der Waals surface area contributed by atoms with Gasteiger partial charge in [0.1, 0.15) is 6.04 Å². The Morgan fingerprint density at radius 3 is 2.39 bits per heavy atom. The Balaban J connectivity index is 1.26. The van der Waals surface area contributed by atoms with Gasteiger partial charge < -0.3 is 10.2 Å². The lowest BCUT2D eigenvalue weighted by atomic mass is 10.0. The Morgan fingerprint density at radius 2 is 1.72 bits per heavy atom. The van der Waals surface area contributed by atoms with Crippen molar-refractivity contribution in [2.24, 2.45) is 0 Å². The molecular formula is C26H22N4O4S2. The molecule has 182 valence electrons. The van der Waals surface area contributed by atoms with E-state index in [1.807, 2.05) is 41.8 Å². The minimum Gasteiger partial charge on any atom is -0.326 e. The van der Waals surface area contributed by atoms with Crippen LogP contribution in [0.3, 0.4) is 0 Å². The van der Waals surface area contributed by atoms with E-state index in [0.29, 0.717) is 23.7 Å². The predicted molar refractivity (Wildman–Crippen MR) is 138 cm³/mol. The smallest absolute Gasteiger partial charge is 0.254 e. The predicted octanol–water partition coefficient (Wildman–Crippen LogP) is 4.13. The van der Waals surface area contributed by atoms with Gasteiger partial charge in [-0.15, -0.1) is 11.3 Å². The van der Waals surface area contributed by atoms with Gasteiger partial charge in [-0.05, 0) is 60.0 Å². The van der Waals surface area contributed by atoms with E-state index < -0.39 is 15.9 Å². The van der Waals surface area contributed by atoms with Gasteiger partial charge in [-0.1, -0.05) is 18.2 Å². The Morgan fingerprint density at radius 1 is 1.00 bits per heavy atom. The number of sulfone groups is 1. The van der Waals surface area contributed by atoms with Crippen molar-refractivity contribution in [3.8, 4) is 22.4 Å². The number of thiazole rings is 1. The lowest BCUT2D eigenvalue weighted by Crippen LogP contribution is -2.56. The summed E-state index contributed by atoms with van der Waals surface area (Å²) in [6.07, 6.45) is 5.15. The van der Waals surface area contributed by atoms with Crippen LogP contribution in [0.15, 0.2) is 83.3 Å². The van der Waals surface area contributed by atoms with Crippen LogP contribution < -0.4 is 5.32 Å². The molecular weight excluding hydrogens is 496 g/mol. The minimum absolute atomic E-state index is 0.142. The van der Waals surface area contributed by atoms with Crippen molar-refractivity contribution >= 4 is 38.1 Å². The third kappa shape index (κ3) is 4.91. The van der Waals surface area contributed by atoms with Crippen LogP contribution in [0.5, 0.6) is 0 Å². The highest BCUT2D eigenvalue weighted by Crippen LogP contribution is 2.30. The van der Waals surface area contributed by atoms with E-state index in [1.165, 1.54) is 40.5 Å². The zero-order chi connectivity index (χ0) is 25.3. The number of hydrogen-bond donors (Lipinski definition) is 1. The normalized spacial score (nSPS) is 15.2. The molecule has 2 aromatic carbocycles. The zero-order valence-corrected chi connectivity index (χ0v) is 20.9. The first kappa shape index (κ1) is 23.8. The Hall–Kier alpha value is -3.89. The largest absolute Gasteiger partial charge is 0.326 e. The second-order valence-electron chi connectivity index (χ2n) is 8.44. The lowest BCUT2D eigenvalue weighted by Gasteiger charge is -2.39. The summed E-state index contributed by atoms with van der Waals surface area (Å²) in [5.74, 6) is -0.608.